The van der Waals surface area contributed by atoms with Crippen LogP contribution in [0.25, 0.3) is 10.9 Å². The zero-order valence-corrected chi connectivity index (χ0v) is 14.7. The fraction of sp³-hybridized carbons (Fsp3) is 0. The van der Waals surface area contributed by atoms with Gasteiger partial charge in [-0.05, 0) is 47.9 Å². The lowest BCUT2D eigenvalue weighted by Gasteiger charge is -2.08. The van der Waals surface area contributed by atoms with Gasteiger partial charge in [0.25, 0.3) is 15.6 Å². The van der Waals surface area contributed by atoms with Crippen LogP contribution >= 0.6 is 27.5 Å². The number of fused-ring (bicyclic) bond motifs is 1. The SMILES string of the molecule is O=c1[nH]c2cc(Cl)ccc2cc1S(=O)(=O)Nc1ccc(Br)cc1. The fourth-order valence-corrected chi connectivity index (χ4v) is 3.65. The number of halogens is 2. The average Bonchev–Trinajstić information content (AvgIpc) is 2.48. The highest BCUT2D eigenvalue weighted by Gasteiger charge is 2.19. The first-order valence-electron chi connectivity index (χ1n) is 6.46. The van der Waals surface area contributed by atoms with Crippen molar-refractivity contribution in [1.82, 2.24) is 4.98 Å². The minimum Gasteiger partial charge on any atom is -0.321 e. The zero-order chi connectivity index (χ0) is 16.6. The molecule has 0 saturated carbocycles. The van der Waals surface area contributed by atoms with Gasteiger partial charge in [0, 0.05) is 20.7 Å². The van der Waals surface area contributed by atoms with Crippen molar-refractivity contribution in [3.8, 4) is 0 Å². The quantitative estimate of drug-likeness (QED) is 0.686. The third-order valence-corrected chi connectivity index (χ3v) is 5.31. The van der Waals surface area contributed by atoms with Gasteiger partial charge in [0.15, 0.2) is 4.90 Å². The van der Waals surface area contributed by atoms with Gasteiger partial charge in [0.1, 0.15) is 0 Å². The van der Waals surface area contributed by atoms with Gasteiger partial charge in [-0.25, -0.2) is 8.42 Å². The van der Waals surface area contributed by atoms with Gasteiger partial charge in [-0.15, -0.1) is 0 Å². The molecule has 118 valence electrons. The predicted molar refractivity (Wildman–Crippen MR) is 94.5 cm³/mol. The van der Waals surface area contributed by atoms with Crippen LogP contribution < -0.4 is 10.3 Å². The number of aromatic amines is 1. The minimum absolute atomic E-state index is 0.352. The number of sulfonamides is 1. The third-order valence-electron chi connectivity index (χ3n) is 3.16. The Labute approximate surface area is 145 Å². The van der Waals surface area contributed by atoms with Gasteiger partial charge in [0.2, 0.25) is 0 Å². The Kier molecular flexibility index (Phi) is 4.18. The molecule has 23 heavy (non-hydrogen) atoms. The summed E-state index contributed by atoms with van der Waals surface area (Å²) in [5, 5.41) is 1.03. The van der Waals surface area contributed by atoms with Gasteiger partial charge >= 0.3 is 0 Å². The van der Waals surface area contributed by atoms with Crippen molar-refractivity contribution < 1.29 is 8.42 Å². The standard InChI is InChI=1S/C15H10BrClN2O3S/c16-10-2-5-12(6-3-10)19-23(21,22)14-7-9-1-4-11(17)8-13(9)18-15(14)20/h1-8,19H,(H,18,20). The highest BCUT2D eigenvalue weighted by molar-refractivity contribution is 9.10. The van der Waals surface area contributed by atoms with Crippen LogP contribution in [0.4, 0.5) is 5.69 Å². The van der Waals surface area contributed by atoms with Crippen LogP contribution in [0.15, 0.2) is 62.7 Å². The fourth-order valence-electron chi connectivity index (χ4n) is 2.08. The lowest BCUT2D eigenvalue weighted by Crippen LogP contribution is -2.22. The summed E-state index contributed by atoms with van der Waals surface area (Å²) in [6, 6.07) is 12.7. The van der Waals surface area contributed by atoms with Gasteiger partial charge < -0.3 is 4.98 Å². The van der Waals surface area contributed by atoms with Crippen LogP contribution in [0.2, 0.25) is 5.02 Å². The molecule has 2 aromatic carbocycles. The van der Waals surface area contributed by atoms with E-state index in [1.165, 1.54) is 6.07 Å². The van der Waals surface area contributed by atoms with E-state index in [0.717, 1.165) is 4.47 Å². The molecule has 0 spiro atoms. The summed E-state index contributed by atoms with van der Waals surface area (Å²) in [6.45, 7) is 0. The summed E-state index contributed by atoms with van der Waals surface area (Å²) in [7, 11) is -4.00. The van der Waals surface area contributed by atoms with Gasteiger partial charge in [-0.3, -0.25) is 9.52 Å². The Morgan fingerprint density at radius 2 is 1.74 bits per heavy atom. The molecule has 8 heteroatoms. The molecule has 1 aromatic heterocycles. The molecule has 0 unspecified atom stereocenters. The summed E-state index contributed by atoms with van der Waals surface area (Å²) in [5.74, 6) is 0. The third kappa shape index (κ3) is 3.41. The molecule has 2 N–H and O–H groups in total. The molecule has 0 aliphatic heterocycles. The van der Waals surface area contributed by atoms with Crippen molar-refractivity contribution in [2.75, 3.05) is 4.72 Å². The minimum atomic E-state index is -4.00. The topological polar surface area (TPSA) is 79.0 Å². The Balaban J connectivity index is 2.07. The Morgan fingerprint density at radius 1 is 1.04 bits per heavy atom. The summed E-state index contributed by atoms with van der Waals surface area (Å²) in [4.78, 5) is 14.3. The van der Waals surface area contributed by atoms with Gasteiger partial charge in [-0.1, -0.05) is 33.6 Å². The predicted octanol–water partition coefficient (Wildman–Crippen LogP) is 3.74. The first kappa shape index (κ1) is 16.0. The smallest absolute Gasteiger partial charge is 0.269 e. The number of aromatic nitrogens is 1. The van der Waals surface area contributed by atoms with Crippen molar-refractivity contribution in [1.29, 1.82) is 0 Å². The van der Waals surface area contributed by atoms with Gasteiger partial charge in [-0.2, -0.15) is 0 Å². The average molecular weight is 414 g/mol. The maximum atomic E-state index is 12.4. The number of hydrogen-bond donors (Lipinski definition) is 2. The first-order valence-corrected chi connectivity index (χ1v) is 9.11. The van der Waals surface area contributed by atoms with Crippen molar-refractivity contribution in [3.63, 3.8) is 0 Å². The summed E-state index contributed by atoms with van der Waals surface area (Å²) in [6.07, 6.45) is 0. The maximum absolute atomic E-state index is 12.4. The Hall–Kier alpha value is -1.83. The number of rotatable bonds is 3. The first-order chi connectivity index (χ1) is 10.8. The van der Waals surface area contributed by atoms with E-state index < -0.39 is 15.6 Å². The van der Waals surface area contributed by atoms with E-state index in [-0.39, 0.29) is 4.90 Å². The van der Waals surface area contributed by atoms with E-state index >= 15 is 0 Å². The molecule has 3 rings (SSSR count). The monoisotopic (exact) mass is 412 g/mol. The van der Waals surface area contributed by atoms with Crippen LogP contribution in [-0.2, 0) is 10.0 Å². The lowest BCUT2D eigenvalue weighted by atomic mass is 10.2. The van der Waals surface area contributed by atoms with Crippen molar-refractivity contribution >= 4 is 54.1 Å². The molecule has 0 aliphatic carbocycles. The number of pyridine rings is 1. The van der Waals surface area contributed by atoms with Gasteiger partial charge in [0.05, 0.1) is 0 Å². The highest BCUT2D eigenvalue weighted by atomic mass is 79.9. The van der Waals surface area contributed by atoms with Crippen LogP contribution in [0.5, 0.6) is 0 Å². The highest BCUT2D eigenvalue weighted by Crippen LogP contribution is 2.21. The molecular weight excluding hydrogens is 404 g/mol. The number of hydrogen-bond acceptors (Lipinski definition) is 3. The van der Waals surface area contributed by atoms with E-state index in [9.17, 15) is 13.2 Å². The van der Waals surface area contributed by atoms with E-state index in [2.05, 4.69) is 25.6 Å². The summed E-state index contributed by atoms with van der Waals surface area (Å²) < 4.78 is 28.1. The van der Waals surface area contributed by atoms with E-state index in [0.29, 0.717) is 21.6 Å². The van der Waals surface area contributed by atoms with E-state index in [1.54, 1.807) is 42.5 Å². The molecule has 0 radical (unpaired) electrons. The van der Waals surface area contributed by atoms with Crippen LogP contribution in [0.1, 0.15) is 0 Å². The molecule has 0 saturated heterocycles. The second-order valence-corrected chi connectivity index (χ2v) is 7.81. The molecule has 3 aromatic rings. The Bertz CT molecular complexity index is 1050. The van der Waals surface area contributed by atoms with Crippen molar-refractivity contribution in [2.24, 2.45) is 0 Å². The lowest BCUT2D eigenvalue weighted by molar-refractivity contribution is 0.600. The maximum Gasteiger partial charge on any atom is 0.269 e. The van der Waals surface area contributed by atoms with E-state index in [4.69, 9.17) is 11.6 Å². The van der Waals surface area contributed by atoms with Crippen LogP contribution in [0, 0.1) is 0 Å². The molecule has 0 atom stereocenters. The van der Waals surface area contributed by atoms with Crippen LogP contribution in [-0.4, -0.2) is 13.4 Å². The van der Waals surface area contributed by atoms with E-state index in [1.807, 2.05) is 0 Å². The summed E-state index contributed by atoms with van der Waals surface area (Å²) >= 11 is 9.14. The largest absolute Gasteiger partial charge is 0.321 e. The summed E-state index contributed by atoms with van der Waals surface area (Å²) in [5.41, 5.74) is 0.137. The Morgan fingerprint density at radius 3 is 2.43 bits per heavy atom. The molecule has 5 nitrogen and oxygen atoms in total. The molecule has 0 aliphatic rings. The zero-order valence-electron chi connectivity index (χ0n) is 11.5. The number of benzene rings is 2. The number of anilines is 1. The molecule has 0 amide bonds. The van der Waals surface area contributed by atoms with Crippen molar-refractivity contribution in [3.05, 3.63) is 68.4 Å². The molecule has 1 heterocycles. The van der Waals surface area contributed by atoms with Crippen LogP contribution in [0.3, 0.4) is 0 Å². The second-order valence-electron chi connectivity index (χ2n) is 4.81. The number of nitrogens with one attached hydrogen (secondary N) is 2. The number of H-pyrrole nitrogens is 1. The molecule has 0 fully saturated rings. The molecule has 0 bridgehead atoms. The second kappa shape index (κ2) is 5.99. The van der Waals surface area contributed by atoms with Crippen molar-refractivity contribution in [2.45, 2.75) is 4.90 Å². The molecular formula is C15H10BrClN2O3S. The normalized spacial score (nSPS) is 11.6.